The van der Waals surface area contributed by atoms with Gasteiger partial charge in [-0.25, -0.2) is 0 Å². The van der Waals surface area contributed by atoms with Gasteiger partial charge in [0.25, 0.3) is 5.91 Å². The van der Waals surface area contributed by atoms with E-state index in [1.807, 2.05) is 48.5 Å². The Bertz CT molecular complexity index is 759. The molecule has 0 fully saturated rings. The van der Waals surface area contributed by atoms with Gasteiger partial charge in [0.2, 0.25) is 0 Å². The first-order chi connectivity index (χ1) is 13.1. The zero-order chi connectivity index (χ0) is 19.5. The highest BCUT2D eigenvalue weighted by molar-refractivity contribution is 6.31. The Labute approximate surface area is 166 Å². The number of guanidine groups is 1. The van der Waals surface area contributed by atoms with E-state index in [1.54, 1.807) is 7.05 Å². The Morgan fingerprint density at radius 2 is 1.70 bits per heavy atom. The molecule has 0 saturated carbocycles. The minimum Gasteiger partial charge on any atom is -0.352 e. The van der Waals surface area contributed by atoms with Gasteiger partial charge in [0, 0.05) is 37.3 Å². The number of nitrogens with zero attached hydrogens (tertiary/aromatic N) is 1. The lowest BCUT2D eigenvalue weighted by Gasteiger charge is -2.13. The third-order valence-corrected chi connectivity index (χ3v) is 4.49. The van der Waals surface area contributed by atoms with Gasteiger partial charge in [0.1, 0.15) is 0 Å². The number of carbonyl (C=O) groups is 1. The van der Waals surface area contributed by atoms with Gasteiger partial charge >= 0.3 is 0 Å². The van der Waals surface area contributed by atoms with E-state index >= 15 is 0 Å². The minimum atomic E-state index is -0.0276. The maximum atomic E-state index is 12.0. The second-order valence-corrected chi connectivity index (χ2v) is 6.58. The van der Waals surface area contributed by atoms with Crippen molar-refractivity contribution >= 4 is 23.5 Å². The van der Waals surface area contributed by atoms with E-state index in [0.717, 1.165) is 29.0 Å². The molecule has 1 amide bonds. The van der Waals surface area contributed by atoms with Gasteiger partial charge in [-0.3, -0.25) is 9.79 Å². The molecular weight excluding hydrogens is 360 g/mol. The van der Waals surface area contributed by atoms with Crippen LogP contribution in [0.1, 0.15) is 41.3 Å². The van der Waals surface area contributed by atoms with Gasteiger partial charge < -0.3 is 16.0 Å². The van der Waals surface area contributed by atoms with E-state index in [-0.39, 0.29) is 5.91 Å². The van der Waals surface area contributed by atoms with Crippen molar-refractivity contribution < 1.29 is 4.79 Å². The number of aliphatic imine (C=N–C) groups is 1. The van der Waals surface area contributed by atoms with Crippen molar-refractivity contribution in [3.8, 4) is 0 Å². The lowest BCUT2D eigenvalue weighted by atomic mass is 10.1. The van der Waals surface area contributed by atoms with E-state index in [1.165, 1.54) is 0 Å². The molecule has 0 aromatic heterocycles. The zero-order valence-corrected chi connectivity index (χ0v) is 16.6. The summed E-state index contributed by atoms with van der Waals surface area (Å²) in [6, 6.07) is 15.3. The summed E-state index contributed by atoms with van der Waals surface area (Å²) >= 11 is 6.17. The predicted molar refractivity (Wildman–Crippen MR) is 112 cm³/mol. The maximum Gasteiger partial charge on any atom is 0.251 e. The third-order valence-electron chi connectivity index (χ3n) is 4.12. The van der Waals surface area contributed by atoms with Crippen LogP contribution in [0, 0.1) is 0 Å². The number of benzene rings is 2. The van der Waals surface area contributed by atoms with E-state index in [9.17, 15) is 4.79 Å². The number of amides is 1. The molecule has 0 bridgehead atoms. The molecule has 2 aromatic carbocycles. The van der Waals surface area contributed by atoms with Crippen LogP contribution in [-0.4, -0.2) is 25.5 Å². The fraction of sp³-hybridized carbons (Fsp3) is 0.333. The number of hydrogen-bond donors (Lipinski definition) is 3. The second kappa shape index (κ2) is 11.2. The second-order valence-electron chi connectivity index (χ2n) is 6.18. The minimum absolute atomic E-state index is 0.0276. The standard InChI is InChI=1S/C21H27ClN4O/c1-3-4-13-24-20(27)17-11-9-16(10-12-17)14-25-21(23-2)26-15-18-7-5-6-8-19(18)22/h5-12H,3-4,13-15H2,1-2H3,(H,24,27)(H2,23,25,26). The molecule has 0 saturated heterocycles. The van der Waals surface area contributed by atoms with Crippen LogP contribution in [0.5, 0.6) is 0 Å². The van der Waals surface area contributed by atoms with Crippen molar-refractivity contribution in [1.29, 1.82) is 0 Å². The van der Waals surface area contributed by atoms with Gasteiger partial charge in [0.05, 0.1) is 0 Å². The van der Waals surface area contributed by atoms with Crippen LogP contribution in [0.2, 0.25) is 5.02 Å². The van der Waals surface area contributed by atoms with Crippen LogP contribution >= 0.6 is 11.6 Å². The summed E-state index contributed by atoms with van der Waals surface area (Å²) in [6.45, 7) is 4.02. The number of unbranched alkanes of at least 4 members (excludes halogenated alkanes) is 1. The molecule has 0 heterocycles. The summed E-state index contributed by atoms with van der Waals surface area (Å²) in [4.78, 5) is 16.2. The Kier molecular flexibility index (Phi) is 8.65. The Morgan fingerprint density at radius 3 is 2.37 bits per heavy atom. The Balaban J connectivity index is 1.82. The van der Waals surface area contributed by atoms with Crippen LogP contribution in [0.15, 0.2) is 53.5 Å². The topological polar surface area (TPSA) is 65.5 Å². The number of halogens is 1. The van der Waals surface area contributed by atoms with Gasteiger partial charge in [-0.15, -0.1) is 0 Å². The molecule has 0 atom stereocenters. The van der Waals surface area contributed by atoms with E-state index < -0.39 is 0 Å². The van der Waals surface area contributed by atoms with Crippen LogP contribution in [-0.2, 0) is 13.1 Å². The first kappa shape index (κ1) is 20.8. The molecule has 0 aliphatic carbocycles. The molecule has 6 heteroatoms. The zero-order valence-electron chi connectivity index (χ0n) is 15.9. The number of nitrogens with one attached hydrogen (secondary N) is 3. The molecule has 5 nitrogen and oxygen atoms in total. The van der Waals surface area contributed by atoms with Crippen molar-refractivity contribution in [2.24, 2.45) is 4.99 Å². The highest BCUT2D eigenvalue weighted by atomic mass is 35.5. The van der Waals surface area contributed by atoms with Crippen LogP contribution in [0.25, 0.3) is 0 Å². The highest BCUT2D eigenvalue weighted by Gasteiger charge is 2.05. The summed E-state index contributed by atoms with van der Waals surface area (Å²) in [5.74, 6) is 0.663. The fourth-order valence-corrected chi connectivity index (χ4v) is 2.68. The van der Waals surface area contributed by atoms with Gasteiger partial charge in [-0.2, -0.15) is 0 Å². The van der Waals surface area contributed by atoms with Gasteiger partial charge in [-0.1, -0.05) is 55.3 Å². The number of rotatable bonds is 8. The highest BCUT2D eigenvalue weighted by Crippen LogP contribution is 2.14. The molecular formula is C21H27ClN4O. The molecule has 27 heavy (non-hydrogen) atoms. The summed E-state index contributed by atoms with van der Waals surface area (Å²) < 4.78 is 0. The SMILES string of the molecule is CCCCNC(=O)c1ccc(CNC(=NC)NCc2ccccc2Cl)cc1. The molecule has 0 spiro atoms. The molecule has 0 aliphatic rings. The monoisotopic (exact) mass is 386 g/mol. The summed E-state index contributed by atoms with van der Waals surface area (Å²) in [5.41, 5.74) is 2.76. The van der Waals surface area contributed by atoms with Crippen molar-refractivity contribution in [3.05, 3.63) is 70.2 Å². The van der Waals surface area contributed by atoms with Crippen LogP contribution in [0.3, 0.4) is 0 Å². The smallest absolute Gasteiger partial charge is 0.251 e. The largest absolute Gasteiger partial charge is 0.352 e. The average molecular weight is 387 g/mol. The average Bonchev–Trinajstić information content (AvgIpc) is 2.70. The first-order valence-corrected chi connectivity index (χ1v) is 9.57. The Hall–Kier alpha value is -2.53. The summed E-state index contributed by atoms with van der Waals surface area (Å²) in [6.07, 6.45) is 2.06. The summed E-state index contributed by atoms with van der Waals surface area (Å²) in [5, 5.41) is 10.2. The van der Waals surface area contributed by atoms with Gasteiger partial charge in [0.15, 0.2) is 5.96 Å². The molecule has 2 aromatic rings. The first-order valence-electron chi connectivity index (χ1n) is 9.19. The van der Waals surface area contributed by atoms with Crippen LogP contribution in [0.4, 0.5) is 0 Å². The maximum absolute atomic E-state index is 12.0. The normalized spacial score (nSPS) is 11.1. The molecule has 0 unspecified atom stereocenters. The lowest BCUT2D eigenvalue weighted by Crippen LogP contribution is -2.36. The third kappa shape index (κ3) is 6.94. The van der Waals surface area contributed by atoms with Crippen molar-refractivity contribution in [1.82, 2.24) is 16.0 Å². The van der Waals surface area contributed by atoms with Crippen LogP contribution < -0.4 is 16.0 Å². The van der Waals surface area contributed by atoms with E-state index in [2.05, 4.69) is 27.9 Å². The molecule has 144 valence electrons. The van der Waals surface area contributed by atoms with Crippen molar-refractivity contribution in [2.45, 2.75) is 32.9 Å². The quantitative estimate of drug-likeness (QED) is 0.368. The predicted octanol–water partition coefficient (Wildman–Crippen LogP) is 3.74. The van der Waals surface area contributed by atoms with E-state index in [0.29, 0.717) is 31.2 Å². The fourth-order valence-electron chi connectivity index (χ4n) is 2.48. The Morgan fingerprint density at radius 1 is 1.00 bits per heavy atom. The van der Waals surface area contributed by atoms with E-state index in [4.69, 9.17) is 11.6 Å². The van der Waals surface area contributed by atoms with Crippen molar-refractivity contribution in [2.75, 3.05) is 13.6 Å². The molecule has 3 N–H and O–H groups in total. The lowest BCUT2D eigenvalue weighted by molar-refractivity contribution is 0.0953. The molecule has 2 rings (SSSR count). The molecule has 0 aliphatic heterocycles. The van der Waals surface area contributed by atoms with Crippen molar-refractivity contribution in [3.63, 3.8) is 0 Å². The number of hydrogen-bond acceptors (Lipinski definition) is 2. The molecule has 0 radical (unpaired) electrons. The van der Waals surface area contributed by atoms with Gasteiger partial charge in [-0.05, 0) is 35.7 Å². The number of carbonyl (C=O) groups excluding carboxylic acids is 1. The summed E-state index contributed by atoms with van der Waals surface area (Å²) in [7, 11) is 1.73.